The summed E-state index contributed by atoms with van der Waals surface area (Å²) < 4.78 is 0. The van der Waals surface area contributed by atoms with Gasteiger partial charge in [0, 0.05) is 19.3 Å². The zero-order chi connectivity index (χ0) is 9.72. The molecule has 0 aromatic heterocycles. The second-order valence-corrected chi connectivity index (χ2v) is 2.15. The van der Waals surface area contributed by atoms with Gasteiger partial charge in [0.05, 0.1) is 12.0 Å². The van der Waals surface area contributed by atoms with Gasteiger partial charge in [-0.2, -0.15) is 0 Å². The van der Waals surface area contributed by atoms with Crippen LogP contribution in [0, 0.1) is 0 Å². The number of carbonyl (C=O) groups excluding carboxylic acids is 3. The third kappa shape index (κ3) is 8.38. The third-order valence-electron chi connectivity index (χ3n) is 1.03. The van der Waals surface area contributed by atoms with Gasteiger partial charge < -0.3 is 25.1 Å². The Morgan fingerprint density at radius 2 is 1.85 bits per heavy atom. The first kappa shape index (κ1) is 15.5. The average molecular weight is 213 g/mol. The fraction of sp³-hybridized carbons (Fsp3) is 0.500. The maximum Gasteiger partial charge on any atom is 1.00 e. The Bertz CT molecular complexity index is 206. The van der Waals surface area contributed by atoms with Gasteiger partial charge in [-0.1, -0.05) is 0 Å². The van der Waals surface area contributed by atoms with Crippen molar-refractivity contribution in [3.8, 4) is 0 Å². The first-order chi connectivity index (χ1) is 5.43. The molecule has 0 saturated heterocycles. The molecule has 13 heavy (non-hydrogen) atoms. The second-order valence-electron chi connectivity index (χ2n) is 2.15. The van der Waals surface area contributed by atoms with E-state index in [9.17, 15) is 24.6 Å². The number of hydrogen-bond acceptors (Lipinski definition) is 5. The molecule has 0 heterocycles. The minimum absolute atomic E-state index is 0. The van der Waals surface area contributed by atoms with E-state index in [1.807, 2.05) is 5.32 Å². The monoisotopic (exact) mass is 213 g/mol. The van der Waals surface area contributed by atoms with Crippen molar-refractivity contribution in [2.24, 2.45) is 0 Å². The Balaban J connectivity index is -0.000000605. The maximum absolute atomic E-state index is 10.3. The van der Waals surface area contributed by atoms with Crippen molar-refractivity contribution >= 4 is 17.8 Å². The van der Waals surface area contributed by atoms with Crippen LogP contribution in [0.25, 0.3) is 0 Å². The molecule has 0 bridgehead atoms. The fourth-order valence-electron chi connectivity index (χ4n) is 0.605. The van der Waals surface area contributed by atoms with Crippen LogP contribution in [0.1, 0.15) is 14.8 Å². The van der Waals surface area contributed by atoms with Gasteiger partial charge in [-0.25, -0.2) is 0 Å². The zero-order valence-electron chi connectivity index (χ0n) is 8.33. The summed E-state index contributed by atoms with van der Waals surface area (Å²) in [6, 6.07) is -1.52. The molecule has 0 fully saturated rings. The first-order valence-corrected chi connectivity index (χ1v) is 3.11. The Morgan fingerprint density at radius 3 is 2.08 bits per heavy atom. The fourth-order valence-corrected chi connectivity index (χ4v) is 0.605. The Hall–Kier alpha value is 0.0464. The van der Waals surface area contributed by atoms with Crippen molar-refractivity contribution in [2.45, 2.75) is 19.4 Å². The predicted octanol–water partition coefficient (Wildman–Crippen LogP) is -6.50. The van der Waals surface area contributed by atoms with Crippen LogP contribution >= 0.6 is 0 Å². The number of nitrogens with one attached hydrogen (secondary N) is 1. The molecule has 0 saturated carbocycles. The molecule has 0 radical (unpaired) electrons. The van der Waals surface area contributed by atoms with Gasteiger partial charge in [0.1, 0.15) is 0 Å². The normalized spacial score (nSPS) is 10.8. The van der Waals surface area contributed by atoms with Gasteiger partial charge >= 0.3 is 52.8 Å². The summed E-state index contributed by atoms with van der Waals surface area (Å²) in [7, 11) is 0. The molecule has 7 heteroatoms. The molecule has 0 aromatic rings. The summed E-state index contributed by atoms with van der Waals surface area (Å²) in [5.41, 5.74) is 0. The number of carboxylic acid groups (broad SMARTS) is 2. The summed E-state index contributed by atoms with van der Waals surface area (Å²) in [6.45, 7) is 1.07. The van der Waals surface area contributed by atoms with Gasteiger partial charge in [-0.05, 0) is 0 Å². The van der Waals surface area contributed by atoms with E-state index in [1.165, 1.54) is 0 Å². The van der Waals surface area contributed by atoms with Crippen LogP contribution in [-0.4, -0.2) is 23.9 Å². The molecule has 0 spiro atoms. The van der Waals surface area contributed by atoms with Crippen LogP contribution in [0.3, 0.4) is 0 Å². The third-order valence-corrected chi connectivity index (χ3v) is 1.03. The smallest absolute Gasteiger partial charge is 0.550 e. The standard InChI is InChI=1S/C6H9NO5.K/c1-3(8)7-4(6(11)12)2-5(9)10;/h4H,2H2,1H3,(H,7,8)(H,9,10)(H,11,12);/q;+1/p-1/t4-;/m0./s1. The maximum atomic E-state index is 10.3. The van der Waals surface area contributed by atoms with E-state index >= 15 is 0 Å². The first-order valence-electron chi connectivity index (χ1n) is 3.11. The summed E-state index contributed by atoms with van der Waals surface area (Å²) in [4.78, 5) is 30.4. The molecule has 1 amide bonds. The summed E-state index contributed by atoms with van der Waals surface area (Å²) >= 11 is 0. The zero-order valence-corrected chi connectivity index (χ0v) is 10.4. The predicted molar refractivity (Wildman–Crippen MR) is 33.3 cm³/mol. The number of carbonyl (C=O) groups is 3. The van der Waals surface area contributed by atoms with Gasteiger partial charge in [0.25, 0.3) is 0 Å². The number of aliphatic carboxylic acids is 2. The summed E-state index contributed by atoms with van der Waals surface area (Å²) in [5, 5.41) is 22.0. The molecule has 0 aromatic carbocycles. The van der Waals surface area contributed by atoms with Crippen LogP contribution in [0.15, 0.2) is 0 Å². The van der Waals surface area contributed by atoms with Gasteiger partial charge in [-0.15, -0.1) is 0 Å². The van der Waals surface area contributed by atoms with Crippen LogP contribution in [0.4, 0.5) is 0 Å². The minimum Gasteiger partial charge on any atom is -0.550 e. The molecule has 68 valence electrons. The van der Waals surface area contributed by atoms with Gasteiger partial charge in [0.2, 0.25) is 5.91 Å². The SMILES string of the molecule is CC(=O)N[C@@H](CC(=O)[O-])C(=O)[O-].[H+].[K+]. The Kier molecular flexibility index (Phi) is 8.89. The molecular weight excluding hydrogens is 205 g/mol. The Labute approximate surface area is 119 Å². The molecule has 0 unspecified atom stereocenters. The quantitative estimate of drug-likeness (QED) is 0.467. The molecule has 0 rings (SSSR count). The van der Waals surface area contributed by atoms with Crippen LogP contribution in [-0.2, 0) is 14.4 Å². The average Bonchev–Trinajstić information content (AvgIpc) is 1.83. The van der Waals surface area contributed by atoms with E-state index in [2.05, 4.69) is 0 Å². The van der Waals surface area contributed by atoms with Crippen LogP contribution in [0.2, 0.25) is 0 Å². The van der Waals surface area contributed by atoms with Gasteiger partial charge in [0.15, 0.2) is 0 Å². The van der Waals surface area contributed by atoms with Crippen molar-refractivity contribution in [3.63, 3.8) is 0 Å². The van der Waals surface area contributed by atoms with Crippen molar-refractivity contribution in [1.29, 1.82) is 0 Å². The van der Waals surface area contributed by atoms with Crippen molar-refractivity contribution in [1.82, 2.24) is 5.32 Å². The van der Waals surface area contributed by atoms with Crippen molar-refractivity contribution in [2.75, 3.05) is 0 Å². The van der Waals surface area contributed by atoms with E-state index in [0.29, 0.717) is 0 Å². The number of amides is 1. The second kappa shape index (κ2) is 7.45. The van der Waals surface area contributed by atoms with E-state index in [0.717, 1.165) is 6.92 Å². The van der Waals surface area contributed by atoms with Crippen molar-refractivity contribution < 1.29 is 77.4 Å². The topological polar surface area (TPSA) is 109 Å². The molecule has 0 aliphatic rings. The van der Waals surface area contributed by atoms with Crippen LogP contribution < -0.4 is 66.9 Å². The minimum atomic E-state index is -1.64. The molecule has 1 atom stereocenters. The molecular formula is C6H8KNO5. The van der Waals surface area contributed by atoms with E-state index < -0.39 is 30.3 Å². The van der Waals surface area contributed by atoms with E-state index in [-0.39, 0.29) is 52.8 Å². The van der Waals surface area contributed by atoms with Crippen LogP contribution in [0.5, 0.6) is 0 Å². The molecule has 1 N–H and O–H groups in total. The summed E-state index contributed by atoms with van der Waals surface area (Å²) in [6.07, 6.45) is -0.790. The summed E-state index contributed by atoms with van der Waals surface area (Å²) in [5.74, 6) is -3.84. The van der Waals surface area contributed by atoms with Gasteiger partial charge in [-0.3, -0.25) is 4.79 Å². The van der Waals surface area contributed by atoms with Crippen molar-refractivity contribution in [3.05, 3.63) is 0 Å². The largest absolute Gasteiger partial charge is 1.00 e. The number of carboxylic acids is 2. The van der Waals surface area contributed by atoms with E-state index in [1.54, 1.807) is 0 Å². The Morgan fingerprint density at radius 1 is 1.38 bits per heavy atom. The molecule has 0 aliphatic heterocycles. The molecule has 0 aliphatic carbocycles. The molecule has 6 nitrogen and oxygen atoms in total. The van der Waals surface area contributed by atoms with E-state index in [4.69, 9.17) is 0 Å². The number of hydrogen-bond donors (Lipinski definition) is 1. The number of rotatable bonds is 4.